The Labute approximate surface area is 411 Å². The second-order valence-electron chi connectivity index (χ2n) is 19.1. The molecule has 9 heteroatoms. The number of hydrogen-bond donors (Lipinski definition) is 0. The summed E-state index contributed by atoms with van der Waals surface area (Å²) in [5.74, 6) is -2.39. The molecule has 0 N–H and O–H groups in total. The van der Waals surface area contributed by atoms with Crippen LogP contribution in [-0.4, -0.2) is 82.3 Å². The molecule has 0 amide bonds. The lowest BCUT2D eigenvalue weighted by Crippen LogP contribution is -2.44. The molecule has 0 saturated carbocycles. The maximum atomic E-state index is 12.7. The van der Waals surface area contributed by atoms with Gasteiger partial charge in [-0.15, -0.1) is 0 Å². The number of ether oxygens (including phenoxy) is 4. The molecule has 2 atom stereocenters. The van der Waals surface area contributed by atoms with E-state index >= 15 is 0 Å². The number of nitrogens with zero attached hydrogens (tertiary/aromatic N) is 1. The molecule has 0 bridgehead atoms. The molecule has 0 aliphatic heterocycles. The third kappa shape index (κ3) is 50.4. The summed E-state index contributed by atoms with van der Waals surface area (Å²) in [6, 6.07) is 0. The molecule has 2 unspecified atom stereocenters. The fourth-order valence-electron chi connectivity index (χ4n) is 7.29. The molecule has 0 aliphatic rings. The van der Waals surface area contributed by atoms with E-state index in [2.05, 4.69) is 74.6 Å². The van der Waals surface area contributed by atoms with Crippen molar-refractivity contribution < 1.29 is 42.9 Å². The second kappa shape index (κ2) is 49.2. The standard InChI is InChI=1S/C58H101NO8/c1-6-8-10-12-14-16-18-20-21-22-23-24-25-26-27-28-29-30-31-32-33-34-35-37-38-40-42-44-46-48-55(60)65-52-54(53-66-58(57(62)63)64-51-50-59(3,4)5)67-56(61)49-47-45-43-41-39-36-19-17-15-13-11-9-7-2/h9,11,15,17-18,20,22-23,36,39,43,45,54,58H,6-8,10,12-14,16,19,21,24-35,37-38,40-42,44,46-53H2,1-5H3/b11-9-,17-15-,20-18-,23-22-,39-36-,45-43-. The molecule has 0 aromatic rings. The van der Waals surface area contributed by atoms with Gasteiger partial charge in [-0.3, -0.25) is 9.59 Å². The third-order valence-corrected chi connectivity index (χ3v) is 11.5. The van der Waals surface area contributed by atoms with Crippen molar-refractivity contribution in [3.63, 3.8) is 0 Å². The van der Waals surface area contributed by atoms with Crippen molar-refractivity contribution in [2.75, 3.05) is 47.5 Å². The van der Waals surface area contributed by atoms with Crippen molar-refractivity contribution in [2.45, 2.75) is 232 Å². The lowest BCUT2D eigenvalue weighted by atomic mass is 10.0. The summed E-state index contributed by atoms with van der Waals surface area (Å²) in [4.78, 5) is 37.1. The van der Waals surface area contributed by atoms with E-state index < -0.39 is 24.3 Å². The Balaban J connectivity index is 4.18. The molecule has 0 spiro atoms. The van der Waals surface area contributed by atoms with Gasteiger partial charge >= 0.3 is 11.9 Å². The molecular weight excluding hydrogens is 839 g/mol. The number of rotatable bonds is 49. The number of aliphatic carboxylic acids is 1. The summed E-state index contributed by atoms with van der Waals surface area (Å²) in [5.41, 5.74) is 0. The van der Waals surface area contributed by atoms with Gasteiger partial charge in [-0.25, -0.2) is 0 Å². The Morgan fingerprint density at radius 1 is 0.463 bits per heavy atom. The van der Waals surface area contributed by atoms with E-state index in [1.807, 2.05) is 33.3 Å². The van der Waals surface area contributed by atoms with Crippen molar-refractivity contribution in [3.05, 3.63) is 72.9 Å². The second-order valence-corrected chi connectivity index (χ2v) is 19.1. The lowest BCUT2D eigenvalue weighted by molar-refractivity contribution is -0.870. The van der Waals surface area contributed by atoms with Crippen LogP contribution in [0.4, 0.5) is 0 Å². The van der Waals surface area contributed by atoms with Gasteiger partial charge in [0.2, 0.25) is 0 Å². The molecule has 0 aromatic heterocycles. The number of likely N-dealkylation sites (N-methyl/N-ethyl adjacent to an activating group) is 1. The first-order chi connectivity index (χ1) is 32.6. The number of carbonyl (C=O) groups excluding carboxylic acids is 3. The van der Waals surface area contributed by atoms with Gasteiger partial charge in [0.25, 0.3) is 0 Å². The topological polar surface area (TPSA) is 111 Å². The first kappa shape index (κ1) is 63.7. The summed E-state index contributed by atoms with van der Waals surface area (Å²) in [6.07, 6.45) is 59.8. The zero-order valence-electron chi connectivity index (χ0n) is 43.8. The minimum Gasteiger partial charge on any atom is -0.545 e. The summed E-state index contributed by atoms with van der Waals surface area (Å²) in [5, 5.41) is 11.7. The van der Waals surface area contributed by atoms with Crippen molar-refractivity contribution in [2.24, 2.45) is 0 Å². The molecule has 67 heavy (non-hydrogen) atoms. The number of hydrogen-bond acceptors (Lipinski definition) is 8. The highest BCUT2D eigenvalue weighted by atomic mass is 16.7. The lowest BCUT2D eigenvalue weighted by Gasteiger charge is -2.26. The smallest absolute Gasteiger partial charge is 0.306 e. The quantitative estimate of drug-likeness (QED) is 0.0195. The van der Waals surface area contributed by atoms with Gasteiger partial charge in [0.1, 0.15) is 13.2 Å². The number of quaternary nitrogens is 1. The largest absolute Gasteiger partial charge is 0.545 e. The van der Waals surface area contributed by atoms with Gasteiger partial charge in [0, 0.05) is 12.8 Å². The van der Waals surface area contributed by atoms with E-state index in [9.17, 15) is 19.5 Å². The van der Waals surface area contributed by atoms with Crippen molar-refractivity contribution in [3.8, 4) is 0 Å². The van der Waals surface area contributed by atoms with E-state index in [0.29, 0.717) is 17.4 Å². The van der Waals surface area contributed by atoms with E-state index in [4.69, 9.17) is 18.9 Å². The molecule has 0 heterocycles. The van der Waals surface area contributed by atoms with Crippen LogP contribution in [0.5, 0.6) is 0 Å². The van der Waals surface area contributed by atoms with Gasteiger partial charge in [-0.1, -0.05) is 209 Å². The highest BCUT2D eigenvalue weighted by Crippen LogP contribution is 2.16. The number of carbonyl (C=O) groups is 3. The number of carboxylic acids is 1. The Hall–Kier alpha value is -3.27. The van der Waals surface area contributed by atoms with Crippen LogP contribution in [0.3, 0.4) is 0 Å². The maximum absolute atomic E-state index is 12.7. The fraction of sp³-hybridized carbons (Fsp3) is 0.741. The molecule has 0 aromatic carbocycles. The van der Waals surface area contributed by atoms with Crippen molar-refractivity contribution in [1.29, 1.82) is 0 Å². The zero-order chi connectivity index (χ0) is 49.2. The Bertz CT molecular complexity index is 1330. The monoisotopic (exact) mass is 940 g/mol. The molecule has 0 aliphatic carbocycles. The van der Waals surface area contributed by atoms with E-state index in [-0.39, 0.29) is 38.6 Å². The molecule has 9 nitrogen and oxygen atoms in total. The fourth-order valence-corrected chi connectivity index (χ4v) is 7.29. The minimum atomic E-state index is -1.64. The van der Waals surface area contributed by atoms with Gasteiger partial charge in [0.15, 0.2) is 12.4 Å². The van der Waals surface area contributed by atoms with Crippen LogP contribution in [0.25, 0.3) is 0 Å². The molecular formula is C58H101NO8. The number of unbranched alkanes of at least 4 members (excludes halogenated alkanes) is 22. The van der Waals surface area contributed by atoms with Crippen LogP contribution in [0.15, 0.2) is 72.9 Å². The Kier molecular flexibility index (Phi) is 46.8. The average molecular weight is 940 g/mol. The number of carboxylic acid groups (broad SMARTS) is 1. The highest BCUT2D eigenvalue weighted by Gasteiger charge is 2.21. The van der Waals surface area contributed by atoms with Crippen LogP contribution in [0.1, 0.15) is 219 Å². The minimum absolute atomic E-state index is 0.125. The molecule has 386 valence electrons. The Morgan fingerprint density at radius 2 is 0.881 bits per heavy atom. The maximum Gasteiger partial charge on any atom is 0.306 e. The van der Waals surface area contributed by atoms with Gasteiger partial charge in [-0.2, -0.15) is 0 Å². The van der Waals surface area contributed by atoms with Crippen LogP contribution >= 0.6 is 0 Å². The number of esters is 2. The van der Waals surface area contributed by atoms with E-state index in [0.717, 1.165) is 51.4 Å². The predicted octanol–water partition coefficient (Wildman–Crippen LogP) is 14.1. The number of allylic oxidation sites excluding steroid dienone is 12. The highest BCUT2D eigenvalue weighted by molar-refractivity contribution is 5.70. The zero-order valence-corrected chi connectivity index (χ0v) is 43.8. The molecule has 0 radical (unpaired) electrons. The predicted molar refractivity (Wildman–Crippen MR) is 278 cm³/mol. The average Bonchev–Trinajstić information content (AvgIpc) is 3.29. The van der Waals surface area contributed by atoms with Crippen molar-refractivity contribution >= 4 is 17.9 Å². The molecule has 0 fully saturated rings. The summed E-state index contributed by atoms with van der Waals surface area (Å²) >= 11 is 0. The van der Waals surface area contributed by atoms with Crippen LogP contribution in [0, 0.1) is 0 Å². The first-order valence-electron chi connectivity index (χ1n) is 27.1. The third-order valence-electron chi connectivity index (χ3n) is 11.5. The van der Waals surface area contributed by atoms with Crippen LogP contribution in [0.2, 0.25) is 0 Å². The van der Waals surface area contributed by atoms with Crippen LogP contribution in [-0.2, 0) is 33.3 Å². The summed E-state index contributed by atoms with van der Waals surface area (Å²) in [6.45, 7) is 4.53. The van der Waals surface area contributed by atoms with E-state index in [1.54, 1.807) is 0 Å². The SMILES string of the molecule is CC/C=C\C/C=C\C/C=C\C/C=C\CCC(=O)OC(COC(=O)CCCCCCCCCCCCCCCCCCC/C=C\C/C=C\CCCCCCC)COC(OCC[N+](C)(C)C)C(=O)[O-]. The van der Waals surface area contributed by atoms with Gasteiger partial charge < -0.3 is 33.3 Å². The first-order valence-corrected chi connectivity index (χ1v) is 27.1. The van der Waals surface area contributed by atoms with Gasteiger partial charge in [-0.05, 0) is 70.6 Å². The summed E-state index contributed by atoms with van der Waals surface area (Å²) < 4.78 is 22.5. The molecule has 0 saturated heterocycles. The van der Waals surface area contributed by atoms with Crippen LogP contribution < -0.4 is 5.11 Å². The normalized spacial score (nSPS) is 13.4. The Morgan fingerprint density at radius 3 is 1.33 bits per heavy atom. The van der Waals surface area contributed by atoms with E-state index in [1.165, 1.54) is 135 Å². The molecule has 0 rings (SSSR count). The van der Waals surface area contributed by atoms with Gasteiger partial charge in [0.05, 0.1) is 40.3 Å². The summed E-state index contributed by atoms with van der Waals surface area (Å²) in [7, 11) is 5.89. The van der Waals surface area contributed by atoms with Crippen molar-refractivity contribution in [1.82, 2.24) is 0 Å².